The van der Waals surface area contributed by atoms with Crippen molar-refractivity contribution in [3.05, 3.63) is 77.2 Å². The number of hydrogen-bond acceptors (Lipinski definition) is 10. The summed E-state index contributed by atoms with van der Waals surface area (Å²) >= 11 is 0. The number of benzene rings is 2. The molecule has 1 aliphatic rings. The molecule has 0 saturated heterocycles. The largest absolute Gasteiger partial charge is 0.451 e. The van der Waals surface area contributed by atoms with Crippen molar-refractivity contribution in [2.75, 3.05) is 17.2 Å². The van der Waals surface area contributed by atoms with Gasteiger partial charge in [-0.3, -0.25) is 0 Å². The molecule has 1 atom stereocenters. The zero-order valence-corrected chi connectivity index (χ0v) is 21.9. The molecule has 1 aliphatic heterocycles. The van der Waals surface area contributed by atoms with Gasteiger partial charge in [-0.15, -0.1) is 0 Å². The highest BCUT2D eigenvalue weighted by Crippen LogP contribution is 2.38. The van der Waals surface area contributed by atoms with E-state index < -0.39 is 11.6 Å². The maximum Gasteiger partial charge on any atom is 0.339 e. The van der Waals surface area contributed by atoms with E-state index in [1.165, 1.54) is 0 Å². The van der Waals surface area contributed by atoms with Crippen molar-refractivity contribution in [2.45, 2.75) is 51.7 Å². The zero-order chi connectivity index (χ0) is 27.1. The molecule has 5 rings (SSSR count). The topological polar surface area (TPSA) is 135 Å². The summed E-state index contributed by atoms with van der Waals surface area (Å²) in [5.41, 5.74) is 2.38. The van der Waals surface area contributed by atoms with E-state index in [0.717, 1.165) is 11.1 Å². The molecule has 4 aromatic rings. The lowest BCUT2D eigenvalue weighted by Crippen LogP contribution is -2.17. The minimum atomic E-state index is -0.728. The first-order valence-electron chi connectivity index (χ1n) is 12.3. The number of cyclic esters (lactones) is 1. The Morgan fingerprint density at radius 2 is 1.82 bits per heavy atom. The van der Waals surface area contributed by atoms with Gasteiger partial charge >= 0.3 is 5.97 Å². The summed E-state index contributed by atoms with van der Waals surface area (Å²) in [6, 6.07) is 14.5. The number of anilines is 3. The molecule has 3 heterocycles. The third kappa shape index (κ3) is 4.95. The minimum absolute atomic E-state index is 0.165. The molecule has 10 heteroatoms. The summed E-state index contributed by atoms with van der Waals surface area (Å²) < 4.78 is 11.0. The van der Waals surface area contributed by atoms with Crippen molar-refractivity contribution < 1.29 is 19.2 Å². The van der Waals surface area contributed by atoms with E-state index in [9.17, 15) is 9.90 Å². The average molecular weight is 515 g/mol. The Morgan fingerprint density at radius 1 is 1.05 bits per heavy atom. The van der Waals surface area contributed by atoms with E-state index >= 15 is 0 Å². The summed E-state index contributed by atoms with van der Waals surface area (Å²) in [5, 5.41) is 20.8. The molecule has 38 heavy (non-hydrogen) atoms. The van der Waals surface area contributed by atoms with Crippen molar-refractivity contribution in [1.29, 1.82) is 0 Å². The fraction of sp³-hybridized carbons (Fsp3) is 0.321. The van der Waals surface area contributed by atoms with Gasteiger partial charge in [0.05, 0.1) is 18.2 Å². The smallest absolute Gasteiger partial charge is 0.339 e. The second-order valence-corrected chi connectivity index (χ2v) is 10.7. The second kappa shape index (κ2) is 9.53. The summed E-state index contributed by atoms with van der Waals surface area (Å²) in [6.07, 6.45) is 1.60. The third-order valence-electron chi connectivity index (χ3n) is 6.30. The van der Waals surface area contributed by atoms with Gasteiger partial charge < -0.3 is 25.0 Å². The van der Waals surface area contributed by atoms with Crippen LogP contribution in [0.3, 0.4) is 0 Å². The first-order valence-corrected chi connectivity index (χ1v) is 12.3. The van der Waals surface area contributed by atoms with Crippen LogP contribution in [-0.4, -0.2) is 37.8 Å². The van der Waals surface area contributed by atoms with Crippen molar-refractivity contribution in [1.82, 2.24) is 20.1 Å². The summed E-state index contributed by atoms with van der Waals surface area (Å²) in [7, 11) is 0. The molecule has 2 aromatic carbocycles. The van der Waals surface area contributed by atoms with Gasteiger partial charge in [-0.25, -0.2) is 9.78 Å². The predicted octanol–water partition coefficient (Wildman–Crippen LogP) is 5.12. The van der Waals surface area contributed by atoms with Crippen LogP contribution in [0.1, 0.15) is 68.0 Å². The van der Waals surface area contributed by atoms with Crippen LogP contribution in [0.5, 0.6) is 0 Å². The third-order valence-corrected chi connectivity index (χ3v) is 6.30. The van der Waals surface area contributed by atoms with E-state index in [0.29, 0.717) is 34.4 Å². The first-order chi connectivity index (χ1) is 18.0. The average Bonchev–Trinajstić information content (AvgIpc) is 3.46. The van der Waals surface area contributed by atoms with Gasteiger partial charge in [-0.1, -0.05) is 56.3 Å². The van der Waals surface area contributed by atoms with Gasteiger partial charge in [0.25, 0.3) is 5.89 Å². The Morgan fingerprint density at radius 3 is 2.50 bits per heavy atom. The Hall–Kier alpha value is -4.31. The molecular weight excluding hydrogens is 484 g/mol. The normalized spacial score (nSPS) is 15.1. The number of carbonyl (C=O) groups is 1. The lowest BCUT2D eigenvalue weighted by atomic mass is 9.95. The molecule has 2 aromatic heterocycles. The van der Waals surface area contributed by atoms with E-state index in [1.54, 1.807) is 18.3 Å². The number of aromatic nitrogens is 4. The molecule has 0 radical (unpaired) electrons. The fourth-order valence-corrected chi connectivity index (χ4v) is 4.20. The minimum Gasteiger partial charge on any atom is -0.451 e. The highest BCUT2D eigenvalue weighted by Gasteiger charge is 2.37. The molecule has 0 bridgehead atoms. The monoisotopic (exact) mass is 514 g/mol. The van der Waals surface area contributed by atoms with Crippen molar-refractivity contribution in [3.8, 4) is 11.5 Å². The van der Waals surface area contributed by atoms with Crippen molar-refractivity contribution >= 4 is 23.4 Å². The molecular formula is C28H30N6O4. The number of ether oxygens (including phenoxy) is 1. The number of rotatable bonds is 7. The fourth-order valence-electron chi connectivity index (χ4n) is 4.20. The van der Waals surface area contributed by atoms with Crippen molar-refractivity contribution in [3.63, 3.8) is 0 Å². The number of nitrogens with zero attached hydrogens (tertiary/aromatic N) is 4. The van der Waals surface area contributed by atoms with Crippen LogP contribution >= 0.6 is 0 Å². The SMILES string of the molecule is CC(C)(C)c1noc(-c2cnc(Nc3ccc4c(c3)C(C)(C)OC4=O)nc2N[C@H](CO)c2ccccc2)n1. The Bertz CT molecular complexity index is 1480. The molecule has 0 unspecified atom stereocenters. The van der Waals surface area contributed by atoms with Gasteiger partial charge in [-0.05, 0) is 37.6 Å². The van der Waals surface area contributed by atoms with Gasteiger partial charge in [0.1, 0.15) is 17.0 Å². The Balaban J connectivity index is 1.52. The highest BCUT2D eigenvalue weighted by atomic mass is 16.6. The van der Waals surface area contributed by atoms with Gasteiger partial charge in [0.15, 0.2) is 5.82 Å². The van der Waals surface area contributed by atoms with E-state index in [1.807, 2.05) is 71.0 Å². The van der Waals surface area contributed by atoms with Crippen LogP contribution in [0.15, 0.2) is 59.3 Å². The van der Waals surface area contributed by atoms with Crippen LogP contribution < -0.4 is 10.6 Å². The summed E-state index contributed by atoms with van der Waals surface area (Å²) in [6.45, 7) is 9.53. The number of hydrogen-bond donors (Lipinski definition) is 3. The molecule has 0 spiro atoms. The highest BCUT2D eigenvalue weighted by molar-refractivity contribution is 5.95. The molecule has 0 aliphatic carbocycles. The maximum absolute atomic E-state index is 12.2. The summed E-state index contributed by atoms with van der Waals surface area (Å²) in [4.78, 5) is 25.9. The predicted molar refractivity (Wildman–Crippen MR) is 142 cm³/mol. The second-order valence-electron chi connectivity index (χ2n) is 10.7. The maximum atomic E-state index is 12.2. The lowest BCUT2D eigenvalue weighted by Gasteiger charge is -2.20. The number of nitrogens with one attached hydrogen (secondary N) is 2. The van der Waals surface area contributed by atoms with Crippen molar-refractivity contribution in [2.24, 2.45) is 0 Å². The first kappa shape index (κ1) is 25.3. The molecule has 196 valence electrons. The Kier molecular flexibility index (Phi) is 6.36. The van der Waals surface area contributed by atoms with Gasteiger partial charge in [0.2, 0.25) is 5.95 Å². The molecule has 0 amide bonds. The molecule has 0 fully saturated rings. The Labute approximate surface area is 220 Å². The van der Waals surface area contributed by atoms with E-state index in [-0.39, 0.29) is 23.9 Å². The summed E-state index contributed by atoms with van der Waals surface area (Å²) in [5.74, 6) is 1.20. The lowest BCUT2D eigenvalue weighted by molar-refractivity contribution is 0.00954. The van der Waals surface area contributed by atoms with E-state index in [4.69, 9.17) is 14.2 Å². The standard InChI is InChI=1S/C28H30N6O4/c1-27(2,3)25-33-23(38-34-25)19-14-29-26(32-22(19)31-21(15-35)16-9-7-6-8-10-16)30-17-11-12-18-20(13-17)28(4,5)37-24(18)36/h6-14,21,35H,15H2,1-5H3,(H2,29,30,31,32)/t21-/m1/s1. The number of esters is 1. The number of aliphatic hydroxyl groups is 1. The molecule has 0 saturated carbocycles. The molecule has 10 nitrogen and oxygen atoms in total. The van der Waals surface area contributed by atoms with Crippen LogP contribution in [0.4, 0.5) is 17.5 Å². The number of fused-ring (bicyclic) bond motifs is 1. The van der Waals surface area contributed by atoms with Crippen LogP contribution in [0.2, 0.25) is 0 Å². The number of carbonyl (C=O) groups excluding carboxylic acids is 1. The van der Waals surface area contributed by atoms with Gasteiger partial charge in [-0.2, -0.15) is 9.97 Å². The zero-order valence-electron chi connectivity index (χ0n) is 21.9. The number of aliphatic hydroxyl groups excluding tert-OH is 1. The van der Waals surface area contributed by atoms with Crippen LogP contribution in [-0.2, 0) is 15.8 Å². The van der Waals surface area contributed by atoms with Crippen LogP contribution in [0, 0.1) is 0 Å². The van der Waals surface area contributed by atoms with Crippen LogP contribution in [0.25, 0.3) is 11.5 Å². The molecule has 3 N–H and O–H groups in total. The van der Waals surface area contributed by atoms with Gasteiger partial charge in [0, 0.05) is 22.9 Å². The quantitative estimate of drug-likeness (QED) is 0.285. The van der Waals surface area contributed by atoms with E-state index in [2.05, 4.69) is 25.8 Å².